The van der Waals surface area contributed by atoms with Crippen molar-refractivity contribution in [3.05, 3.63) is 53.3 Å². The van der Waals surface area contributed by atoms with Gasteiger partial charge in [0.1, 0.15) is 6.54 Å². The summed E-state index contributed by atoms with van der Waals surface area (Å²) in [5, 5.41) is 9.15. The maximum absolute atomic E-state index is 13.9. The summed E-state index contributed by atoms with van der Waals surface area (Å²) in [5.41, 5.74) is 1.59. The van der Waals surface area contributed by atoms with Crippen LogP contribution in [0.15, 0.2) is 41.3 Å². The Morgan fingerprint density at radius 3 is 2.44 bits per heavy atom. The molecule has 0 saturated heterocycles. The molecule has 6 nitrogen and oxygen atoms in total. The number of nitrogens with zero attached hydrogens (tertiary/aromatic N) is 1. The van der Waals surface area contributed by atoms with Crippen LogP contribution in [0.25, 0.3) is 0 Å². The molecular formula is C17H18FNO5S. The van der Waals surface area contributed by atoms with Gasteiger partial charge in [0.15, 0.2) is 11.6 Å². The van der Waals surface area contributed by atoms with Gasteiger partial charge in [-0.2, -0.15) is 0 Å². The van der Waals surface area contributed by atoms with Gasteiger partial charge in [0, 0.05) is 0 Å². The van der Waals surface area contributed by atoms with Crippen molar-refractivity contribution in [1.82, 2.24) is 0 Å². The van der Waals surface area contributed by atoms with Crippen LogP contribution in [-0.2, 0) is 14.8 Å². The number of aliphatic carboxylic acids is 1. The number of carboxylic acid groups (broad SMARTS) is 1. The molecule has 0 atom stereocenters. The third kappa shape index (κ3) is 3.90. The van der Waals surface area contributed by atoms with Gasteiger partial charge in [-0.3, -0.25) is 9.10 Å². The molecule has 2 aromatic rings. The zero-order valence-corrected chi connectivity index (χ0v) is 14.8. The first kappa shape index (κ1) is 18.7. The Balaban J connectivity index is 2.62. The van der Waals surface area contributed by atoms with Gasteiger partial charge in [0.2, 0.25) is 0 Å². The predicted molar refractivity (Wildman–Crippen MR) is 91.0 cm³/mol. The number of anilines is 1. The second-order valence-electron chi connectivity index (χ2n) is 5.49. The number of halogens is 1. The molecule has 0 radical (unpaired) electrons. The lowest BCUT2D eigenvalue weighted by molar-refractivity contribution is -0.135. The molecule has 0 fully saturated rings. The number of sulfonamides is 1. The topological polar surface area (TPSA) is 83.9 Å². The van der Waals surface area contributed by atoms with Crippen LogP contribution in [0.4, 0.5) is 10.1 Å². The number of benzene rings is 2. The average Bonchev–Trinajstić information content (AvgIpc) is 2.54. The molecule has 0 unspecified atom stereocenters. The fourth-order valence-corrected chi connectivity index (χ4v) is 3.83. The van der Waals surface area contributed by atoms with E-state index in [1.165, 1.54) is 19.2 Å². The Morgan fingerprint density at radius 2 is 1.88 bits per heavy atom. The number of carbonyl (C=O) groups is 1. The van der Waals surface area contributed by atoms with E-state index in [9.17, 15) is 17.6 Å². The Bertz CT molecular complexity index is 911. The Kier molecular flexibility index (Phi) is 5.32. The van der Waals surface area contributed by atoms with Crippen molar-refractivity contribution in [2.24, 2.45) is 0 Å². The molecule has 0 aliphatic carbocycles. The van der Waals surface area contributed by atoms with Crippen LogP contribution < -0.4 is 9.04 Å². The van der Waals surface area contributed by atoms with E-state index in [2.05, 4.69) is 0 Å². The highest BCUT2D eigenvalue weighted by Gasteiger charge is 2.29. The molecular weight excluding hydrogens is 349 g/mol. The molecule has 0 heterocycles. The van der Waals surface area contributed by atoms with E-state index in [0.717, 1.165) is 15.9 Å². The number of ether oxygens (including phenoxy) is 1. The molecule has 0 aromatic heterocycles. The van der Waals surface area contributed by atoms with Gasteiger partial charge in [0.25, 0.3) is 10.0 Å². The summed E-state index contributed by atoms with van der Waals surface area (Å²) >= 11 is 0. The highest BCUT2D eigenvalue weighted by molar-refractivity contribution is 7.92. The van der Waals surface area contributed by atoms with Gasteiger partial charge >= 0.3 is 5.97 Å². The van der Waals surface area contributed by atoms with Crippen LogP contribution in [0.3, 0.4) is 0 Å². The first-order valence-corrected chi connectivity index (χ1v) is 8.76. The lowest BCUT2D eigenvalue weighted by Crippen LogP contribution is -2.36. The van der Waals surface area contributed by atoms with Gasteiger partial charge in [-0.15, -0.1) is 0 Å². The van der Waals surface area contributed by atoms with Crippen molar-refractivity contribution >= 4 is 21.7 Å². The second-order valence-corrected chi connectivity index (χ2v) is 7.35. The third-order valence-electron chi connectivity index (χ3n) is 3.62. The molecule has 0 spiro atoms. The first-order valence-electron chi connectivity index (χ1n) is 7.32. The molecule has 2 aromatic carbocycles. The summed E-state index contributed by atoms with van der Waals surface area (Å²) in [6, 6.07) is 8.24. The number of aryl methyl sites for hydroxylation is 2. The van der Waals surface area contributed by atoms with Crippen molar-refractivity contribution < 1.29 is 27.4 Å². The van der Waals surface area contributed by atoms with Crippen molar-refractivity contribution in [2.75, 3.05) is 18.0 Å². The summed E-state index contributed by atoms with van der Waals surface area (Å²) in [4.78, 5) is 10.9. The van der Waals surface area contributed by atoms with E-state index in [0.29, 0.717) is 5.56 Å². The predicted octanol–water partition coefficient (Wildman–Crippen LogP) is 2.73. The van der Waals surface area contributed by atoms with Crippen LogP contribution in [-0.4, -0.2) is 33.1 Å². The summed E-state index contributed by atoms with van der Waals surface area (Å²) in [6.07, 6.45) is 0. The molecule has 0 aliphatic heterocycles. The maximum Gasteiger partial charge on any atom is 0.324 e. The van der Waals surface area contributed by atoms with Gasteiger partial charge < -0.3 is 9.84 Å². The van der Waals surface area contributed by atoms with Gasteiger partial charge in [-0.25, -0.2) is 12.8 Å². The van der Waals surface area contributed by atoms with Gasteiger partial charge in [-0.1, -0.05) is 12.1 Å². The Labute approximate surface area is 145 Å². The number of rotatable bonds is 6. The summed E-state index contributed by atoms with van der Waals surface area (Å²) in [5.74, 6) is -2.27. The number of carboxylic acids is 1. The van der Waals surface area contributed by atoms with Crippen LogP contribution in [0.2, 0.25) is 0 Å². The molecule has 0 aliphatic rings. The zero-order chi connectivity index (χ0) is 18.8. The Morgan fingerprint density at radius 1 is 1.20 bits per heavy atom. The second kappa shape index (κ2) is 7.10. The van der Waals surface area contributed by atoms with E-state index in [-0.39, 0.29) is 16.3 Å². The quantitative estimate of drug-likeness (QED) is 0.849. The van der Waals surface area contributed by atoms with Crippen molar-refractivity contribution in [1.29, 1.82) is 0 Å². The summed E-state index contributed by atoms with van der Waals surface area (Å²) < 4.78 is 45.3. The van der Waals surface area contributed by atoms with E-state index in [4.69, 9.17) is 9.84 Å². The number of methoxy groups -OCH3 is 1. The Hall–Kier alpha value is -2.61. The van der Waals surface area contributed by atoms with Crippen molar-refractivity contribution in [2.45, 2.75) is 18.7 Å². The largest absolute Gasteiger partial charge is 0.494 e. The molecule has 0 saturated carbocycles. The standard InChI is InChI=1S/C17H18FNO5S/c1-11-4-5-12(2)15(8-11)19(10-17(20)21)25(22,23)13-6-7-16(24-3)14(18)9-13/h4-9H,10H2,1-3H3,(H,20,21). The molecule has 8 heteroatoms. The normalized spacial score (nSPS) is 11.2. The molecule has 0 bridgehead atoms. The monoisotopic (exact) mass is 367 g/mol. The van der Waals surface area contributed by atoms with Crippen molar-refractivity contribution in [3.8, 4) is 5.75 Å². The van der Waals surface area contributed by atoms with Crippen LogP contribution >= 0.6 is 0 Å². The smallest absolute Gasteiger partial charge is 0.324 e. The van der Waals surface area contributed by atoms with Crippen LogP contribution in [0.1, 0.15) is 11.1 Å². The number of hydrogen-bond acceptors (Lipinski definition) is 4. The molecule has 2 rings (SSSR count). The summed E-state index contributed by atoms with van der Waals surface area (Å²) in [6.45, 7) is 2.66. The molecule has 1 N–H and O–H groups in total. The fourth-order valence-electron chi connectivity index (χ4n) is 2.35. The minimum absolute atomic E-state index is 0.101. The van der Waals surface area contributed by atoms with Gasteiger partial charge in [-0.05, 0) is 49.2 Å². The molecule has 134 valence electrons. The lowest BCUT2D eigenvalue weighted by atomic mass is 10.1. The minimum Gasteiger partial charge on any atom is -0.494 e. The average molecular weight is 367 g/mol. The summed E-state index contributed by atoms with van der Waals surface area (Å²) in [7, 11) is -3.02. The molecule has 0 amide bonds. The van der Waals surface area contributed by atoms with Gasteiger partial charge in [0.05, 0.1) is 17.7 Å². The highest BCUT2D eigenvalue weighted by Crippen LogP contribution is 2.29. The SMILES string of the molecule is COc1ccc(S(=O)(=O)N(CC(=O)O)c2cc(C)ccc2C)cc1F. The van der Waals surface area contributed by atoms with Crippen molar-refractivity contribution in [3.63, 3.8) is 0 Å². The first-order chi connectivity index (χ1) is 11.7. The van der Waals surface area contributed by atoms with E-state index in [1.807, 2.05) is 0 Å². The fraction of sp³-hybridized carbons (Fsp3) is 0.235. The maximum atomic E-state index is 13.9. The van der Waals surface area contributed by atoms with Crippen LogP contribution in [0.5, 0.6) is 5.75 Å². The molecule has 25 heavy (non-hydrogen) atoms. The highest BCUT2D eigenvalue weighted by atomic mass is 32.2. The number of hydrogen-bond donors (Lipinski definition) is 1. The van der Waals surface area contributed by atoms with E-state index < -0.39 is 28.4 Å². The van der Waals surface area contributed by atoms with Crippen LogP contribution in [0, 0.1) is 19.7 Å². The lowest BCUT2D eigenvalue weighted by Gasteiger charge is -2.25. The van der Waals surface area contributed by atoms with E-state index in [1.54, 1.807) is 32.0 Å². The minimum atomic E-state index is -4.28. The van der Waals surface area contributed by atoms with E-state index >= 15 is 0 Å². The third-order valence-corrected chi connectivity index (χ3v) is 5.38. The zero-order valence-electron chi connectivity index (χ0n) is 14.0.